The summed E-state index contributed by atoms with van der Waals surface area (Å²) in [6, 6.07) is 7.77. The second-order valence-electron chi connectivity index (χ2n) is 7.08. The molecule has 0 aliphatic rings. The standard InChI is InChI=1S/C19H27N3O2S/c1-6-24-15-9-7-14(8-10-15)18-21-16(11-25-18)17(23)20-12-19(2,3)13-22(4)5/h7-11H,6,12-13H2,1-5H3,(H,20,23). The van der Waals surface area contributed by atoms with Crippen molar-refractivity contribution in [2.24, 2.45) is 5.41 Å². The highest BCUT2D eigenvalue weighted by Gasteiger charge is 2.21. The van der Waals surface area contributed by atoms with Gasteiger partial charge in [-0.05, 0) is 50.7 Å². The van der Waals surface area contributed by atoms with Gasteiger partial charge < -0.3 is 15.0 Å². The van der Waals surface area contributed by atoms with Crippen LogP contribution in [0, 0.1) is 5.41 Å². The number of ether oxygens (including phenoxy) is 1. The number of hydrogen-bond donors (Lipinski definition) is 1. The number of benzene rings is 1. The maximum Gasteiger partial charge on any atom is 0.270 e. The molecule has 1 amide bonds. The molecule has 1 aromatic carbocycles. The predicted molar refractivity (Wildman–Crippen MR) is 103 cm³/mol. The van der Waals surface area contributed by atoms with Gasteiger partial charge in [0, 0.05) is 24.0 Å². The monoisotopic (exact) mass is 361 g/mol. The molecule has 5 nitrogen and oxygen atoms in total. The van der Waals surface area contributed by atoms with E-state index in [1.807, 2.05) is 45.3 Å². The van der Waals surface area contributed by atoms with E-state index in [-0.39, 0.29) is 11.3 Å². The summed E-state index contributed by atoms with van der Waals surface area (Å²) in [7, 11) is 4.07. The summed E-state index contributed by atoms with van der Waals surface area (Å²) in [5.41, 5.74) is 1.46. The molecule has 1 heterocycles. The molecule has 0 saturated heterocycles. The first-order valence-electron chi connectivity index (χ1n) is 8.42. The minimum Gasteiger partial charge on any atom is -0.494 e. The van der Waals surface area contributed by atoms with E-state index >= 15 is 0 Å². The Kier molecular flexibility index (Phi) is 6.56. The first-order chi connectivity index (χ1) is 11.8. The molecule has 1 aromatic heterocycles. The molecule has 0 bridgehead atoms. The topological polar surface area (TPSA) is 54.5 Å². The Morgan fingerprint density at radius 3 is 2.56 bits per heavy atom. The molecule has 0 aliphatic heterocycles. The molecule has 0 fully saturated rings. The highest BCUT2D eigenvalue weighted by Crippen LogP contribution is 2.26. The smallest absolute Gasteiger partial charge is 0.270 e. The van der Waals surface area contributed by atoms with E-state index in [9.17, 15) is 4.79 Å². The Bertz CT molecular complexity index is 693. The van der Waals surface area contributed by atoms with E-state index in [1.165, 1.54) is 11.3 Å². The average molecular weight is 362 g/mol. The zero-order valence-corrected chi connectivity index (χ0v) is 16.4. The van der Waals surface area contributed by atoms with Gasteiger partial charge in [0.05, 0.1) is 6.61 Å². The van der Waals surface area contributed by atoms with Gasteiger partial charge in [0.1, 0.15) is 16.5 Å². The summed E-state index contributed by atoms with van der Waals surface area (Å²) >= 11 is 1.47. The lowest BCUT2D eigenvalue weighted by molar-refractivity contribution is 0.0925. The number of nitrogens with one attached hydrogen (secondary N) is 1. The minimum atomic E-state index is -0.125. The number of carbonyl (C=O) groups excluding carboxylic acids is 1. The molecule has 2 aromatic rings. The Morgan fingerprint density at radius 1 is 1.28 bits per heavy atom. The van der Waals surface area contributed by atoms with Crippen molar-refractivity contribution in [2.45, 2.75) is 20.8 Å². The van der Waals surface area contributed by atoms with Gasteiger partial charge in [-0.25, -0.2) is 4.98 Å². The van der Waals surface area contributed by atoms with E-state index in [0.717, 1.165) is 22.9 Å². The molecule has 25 heavy (non-hydrogen) atoms. The fourth-order valence-corrected chi connectivity index (χ4v) is 3.50. The highest BCUT2D eigenvalue weighted by molar-refractivity contribution is 7.13. The zero-order valence-electron chi connectivity index (χ0n) is 15.6. The summed E-state index contributed by atoms with van der Waals surface area (Å²) < 4.78 is 5.45. The molecule has 0 atom stereocenters. The number of hydrogen-bond acceptors (Lipinski definition) is 5. The average Bonchev–Trinajstić information content (AvgIpc) is 3.02. The van der Waals surface area contributed by atoms with Crippen molar-refractivity contribution in [3.05, 3.63) is 35.3 Å². The quantitative estimate of drug-likeness (QED) is 0.781. The van der Waals surface area contributed by atoms with Crippen LogP contribution in [0.25, 0.3) is 10.6 Å². The third-order valence-electron chi connectivity index (χ3n) is 3.62. The Balaban J connectivity index is 1.99. The maximum atomic E-state index is 12.4. The SMILES string of the molecule is CCOc1ccc(-c2nc(C(=O)NCC(C)(C)CN(C)C)cs2)cc1. The van der Waals surface area contributed by atoms with E-state index < -0.39 is 0 Å². The molecular weight excluding hydrogens is 334 g/mol. The molecule has 1 N–H and O–H groups in total. The lowest BCUT2D eigenvalue weighted by Crippen LogP contribution is -2.40. The van der Waals surface area contributed by atoms with Crippen LogP contribution in [0.3, 0.4) is 0 Å². The molecule has 6 heteroatoms. The van der Waals surface area contributed by atoms with Gasteiger partial charge in [0.25, 0.3) is 5.91 Å². The Morgan fingerprint density at radius 2 is 1.96 bits per heavy atom. The van der Waals surface area contributed by atoms with Crippen molar-refractivity contribution in [2.75, 3.05) is 33.8 Å². The molecule has 0 unspecified atom stereocenters. The van der Waals surface area contributed by atoms with Crippen LogP contribution in [-0.4, -0.2) is 49.6 Å². The van der Waals surface area contributed by atoms with Crippen molar-refractivity contribution in [3.8, 4) is 16.3 Å². The number of amides is 1. The summed E-state index contributed by atoms with van der Waals surface area (Å²) in [6.45, 7) is 8.39. The first kappa shape index (κ1) is 19.4. The van der Waals surface area contributed by atoms with Crippen LogP contribution in [-0.2, 0) is 0 Å². The summed E-state index contributed by atoms with van der Waals surface area (Å²) in [5, 5.41) is 5.63. The molecule has 0 saturated carbocycles. The van der Waals surface area contributed by atoms with Gasteiger partial charge in [-0.1, -0.05) is 13.8 Å². The maximum absolute atomic E-state index is 12.4. The second kappa shape index (κ2) is 8.45. The fourth-order valence-electron chi connectivity index (χ4n) is 2.69. The van der Waals surface area contributed by atoms with Gasteiger partial charge in [-0.2, -0.15) is 0 Å². The minimum absolute atomic E-state index is 0.00706. The number of carbonyl (C=O) groups is 1. The number of thiazole rings is 1. The van der Waals surface area contributed by atoms with Crippen LogP contribution in [0.4, 0.5) is 0 Å². The zero-order chi connectivity index (χ0) is 18.4. The Labute approximate surface area is 154 Å². The Hall–Kier alpha value is -1.92. The number of nitrogens with zero attached hydrogens (tertiary/aromatic N) is 2. The van der Waals surface area contributed by atoms with Gasteiger partial charge in [0.15, 0.2) is 0 Å². The van der Waals surface area contributed by atoms with E-state index in [4.69, 9.17) is 4.74 Å². The first-order valence-corrected chi connectivity index (χ1v) is 9.30. The summed E-state index contributed by atoms with van der Waals surface area (Å²) in [6.07, 6.45) is 0. The lowest BCUT2D eigenvalue weighted by atomic mass is 9.93. The van der Waals surface area contributed by atoms with Crippen LogP contribution < -0.4 is 10.1 Å². The number of rotatable bonds is 8. The van der Waals surface area contributed by atoms with Crippen molar-refractivity contribution in [1.82, 2.24) is 15.2 Å². The van der Waals surface area contributed by atoms with Crippen LogP contribution in [0.15, 0.2) is 29.6 Å². The largest absolute Gasteiger partial charge is 0.494 e. The molecule has 0 spiro atoms. The fraction of sp³-hybridized carbons (Fsp3) is 0.474. The number of aromatic nitrogens is 1. The molecular formula is C19H27N3O2S. The van der Waals surface area contributed by atoms with Crippen LogP contribution >= 0.6 is 11.3 Å². The van der Waals surface area contributed by atoms with Crippen LogP contribution in [0.5, 0.6) is 5.75 Å². The normalized spacial score (nSPS) is 11.6. The molecule has 136 valence electrons. The lowest BCUT2D eigenvalue weighted by Gasteiger charge is -2.28. The molecule has 2 rings (SSSR count). The van der Waals surface area contributed by atoms with Gasteiger partial charge in [-0.15, -0.1) is 11.3 Å². The van der Waals surface area contributed by atoms with Gasteiger partial charge in [-0.3, -0.25) is 4.79 Å². The van der Waals surface area contributed by atoms with Crippen LogP contribution in [0.2, 0.25) is 0 Å². The second-order valence-corrected chi connectivity index (χ2v) is 7.94. The molecule has 0 aliphatic carbocycles. The van der Waals surface area contributed by atoms with Gasteiger partial charge >= 0.3 is 0 Å². The van der Waals surface area contributed by atoms with Gasteiger partial charge in [0.2, 0.25) is 0 Å². The third kappa shape index (κ3) is 5.83. The third-order valence-corrected chi connectivity index (χ3v) is 4.51. The summed E-state index contributed by atoms with van der Waals surface area (Å²) in [4.78, 5) is 19.0. The highest BCUT2D eigenvalue weighted by atomic mass is 32.1. The van der Waals surface area contributed by atoms with E-state index in [1.54, 1.807) is 5.38 Å². The van der Waals surface area contributed by atoms with Crippen molar-refractivity contribution < 1.29 is 9.53 Å². The molecule has 0 radical (unpaired) electrons. The predicted octanol–water partition coefficient (Wildman–Crippen LogP) is 3.53. The van der Waals surface area contributed by atoms with Crippen molar-refractivity contribution in [3.63, 3.8) is 0 Å². The van der Waals surface area contributed by atoms with Crippen molar-refractivity contribution >= 4 is 17.2 Å². The van der Waals surface area contributed by atoms with Crippen molar-refractivity contribution in [1.29, 1.82) is 0 Å². The van der Waals surface area contributed by atoms with Crippen LogP contribution in [0.1, 0.15) is 31.3 Å². The van der Waals surface area contributed by atoms with E-state index in [0.29, 0.717) is 18.8 Å². The van der Waals surface area contributed by atoms with E-state index in [2.05, 4.69) is 29.0 Å². The summed E-state index contributed by atoms with van der Waals surface area (Å²) in [5.74, 6) is 0.712.